The molecule has 0 amide bonds. The molecule has 2 aromatic rings. The van der Waals surface area contributed by atoms with Crippen molar-refractivity contribution >= 4 is 17.0 Å². The Morgan fingerprint density at radius 1 is 1.31 bits per heavy atom. The van der Waals surface area contributed by atoms with Crippen LogP contribution < -0.4 is 5.73 Å². The van der Waals surface area contributed by atoms with Crippen LogP contribution in [0.2, 0.25) is 0 Å². The van der Waals surface area contributed by atoms with Crippen LogP contribution >= 0.6 is 0 Å². The molecule has 16 heavy (non-hydrogen) atoms. The van der Waals surface area contributed by atoms with E-state index in [2.05, 4.69) is 15.0 Å². The van der Waals surface area contributed by atoms with Gasteiger partial charge in [0.05, 0.1) is 12.4 Å². The summed E-state index contributed by atoms with van der Waals surface area (Å²) >= 11 is 0. The average Bonchev–Trinajstić information content (AvgIpc) is 2.84. The maximum atomic E-state index is 9.53. The van der Waals surface area contributed by atoms with Gasteiger partial charge in [-0.1, -0.05) is 0 Å². The van der Waals surface area contributed by atoms with Gasteiger partial charge in [0.25, 0.3) is 0 Å². The van der Waals surface area contributed by atoms with E-state index in [1.54, 1.807) is 6.33 Å². The molecule has 0 aromatic carbocycles. The van der Waals surface area contributed by atoms with Crippen LogP contribution in [0.1, 0.15) is 25.3 Å². The maximum absolute atomic E-state index is 9.53. The fraction of sp³-hybridized carbons (Fsp3) is 0.500. The van der Waals surface area contributed by atoms with E-state index in [1.807, 2.05) is 4.57 Å². The molecule has 1 aliphatic rings. The third-order valence-electron chi connectivity index (χ3n) is 3.16. The molecule has 3 N–H and O–H groups in total. The lowest BCUT2D eigenvalue weighted by atomic mass is 10.2. The molecule has 1 fully saturated rings. The van der Waals surface area contributed by atoms with E-state index in [1.165, 1.54) is 6.33 Å². The fourth-order valence-corrected chi connectivity index (χ4v) is 2.32. The Morgan fingerprint density at radius 3 is 2.94 bits per heavy atom. The number of aliphatic hydroxyl groups excluding tert-OH is 1. The Hall–Kier alpha value is -1.69. The lowest BCUT2D eigenvalue weighted by molar-refractivity contribution is 0.178. The summed E-state index contributed by atoms with van der Waals surface area (Å²) in [6.45, 7) is 0. The summed E-state index contributed by atoms with van der Waals surface area (Å²) in [6.07, 6.45) is 5.53. The molecular weight excluding hydrogens is 206 g/mol. The molecule has 6 nitrogen and oxygen atoms in total. The number of anilines is 1. The van der Waals surface area contributed by atoms with Crippen LogP contribution in [0.3, 0.4) is 0 Å². The van der Waals surface area contributed by atoms with Gasteiger partial charge >= 0.3 is 0 Å². The lowest BCUT2D eigenvalue weighted by Crippen LogP contribution is -2.07. The van der Waals surface area contributed by atoms with E-state index in [0.717, 1.165) is 24.9 Å². The van der Waals surface area contributed by atoms with E-state index >= 15 is 0 Å². The van der Waals surface area contributed by atoms with Crippen molar-refractivity contribution in [3.05, 3.63) is 12.7 Å². The highest BCUT2D eigenvalue weighted by atomic mass is 16.3. The molecule has 1 aliphatic carbocycles. The van der Waals surface area contributed by atoms with Crippen LogP contribution in [-0.4, -0.2) is 30.7 Å². The number of nitrogen functional groups attached to an aromatic ring is 1. The summed E-state index contributed by atoms with van der Waals surface area (Å²) < 4.78 is 1.99. The van der Waals surface area contributed by atoms with Gasteiger partial charge in [0.1, 0.15) is 11.8 Å². The summed E-state index contributed by atoms with van der Waals surface area (Å²) in [6, 6.07) is 0.272. The molecule has 0 spiro atoms. The predicted octanol–water partition coefficient (Wildman–Crippen LogP) is 0.494. The first-order valence-corrected chi connectivity index (χ1v) is 5.37. The Morgan fingerprint density at radius 2 is 2.19 bits per heavy atom. The largest absolute Gasteiger partial charge is 0.393 e. The van der Waals surface area contributed by atoms with Crippen LogP contribution in [0, 0.1) is 0 Å². The zero-order chi connectivity index (χ0) is 11.1. The van der Waals surface area contributed by atoms with E-state index < -0.39 is 0 Å². The van der Waals surface area contributed by atoms with Gasteiger partial charge in [-0.15, -0.1) is 0 Å². The van der Waals surface area contributed by atoms with Gasteiger partial charge in [-0.05, 0) is 19.3 Å². The number of hydrogen-bond acceptors (Lipinski definition) is 5. The second-order valence-electron chi connectivity index (χ2n) is 4.20. The Balaban J connectivity index is 2.08. The lowest BCUT2D eigenvalue weighted by Gasteiger charge is -2.11. The number of fused-ring (bicyclic) bond motifs is 1. The van der Waals surface area contributed by atoms with Crippen molar-refractivity contribution in [3.8, 4) is 0 Å². The predicted molar refractivity (Wildman–Crippen MR) is 58.6 cm³/mol. The van der Waals surface area contributed by atoms with Gasteiger partial charge in [0, 0.05) is 6.04 Å². The highest BCUT2D eigenvalue weighted by Crippen LogP contribution is 2.32. The van der Waals surface area contributed by atoms with Crippen molar-refractivity contribution in [2.75, 3.05) is 5.73 Å². The second kappa shape index (κ2) is 3.41. The minimum absolute atomic E-state index is 0.207. The number of rotatable bonds is 1. The van der Waals surface area contributed by atoms with Crippen molar-refractivity contribution in [1.29, 1.82) is 0 Å². The summed E-state index contributed by atoms with van der Waals surface area (Å²) in [5, 5.41) is 9.53. The highest BCUT2D eigenvalue weighted by molar-refractivity contribution is 5.81. The van der Waals surface area contributed by atoms with Gasteiger partial charge in [-0.3, -0.25) is 0 Å². The van der Waals surface area contributed by atoms with E-state index in [4.69, 9.17) is 5.73 Å². The monoisotopic (exact) mass is 219 g/mol. The van der Waals surface area contributed by atoms with Gasteiger partial charge in [-0.25, -0.2) is 15.0 Å². The molecule has 3 rings (SSSR count). The van der Waals surface area contributed by atoms with Crippen LogP contribution in [0.25, 0.3) is 11.2 Å². The number of imidazole rings is 1. The minimum Gasteiger partial charge on any atom is -0.393 e. The van der Waals surface area contributed by atoms with E-state index in [-0.39, 0.29) is 12.1 Å². The summed E-state index contributed by atoms with van der Waals surface area (Å²) in [5.74, 6) is 0.405. The van der Waals surface area contributed by atoms with Crippen molar-refractivity contribution in [2.24, 2.45) is 0 Å². The third kappa shape index (κ3) is 1.34. The average molecular weight is 219 g/mol. The van der Waals surface area contributed by atoms with Gasteiger partial charge in [0.2, 0.25) is 0 Å². The van der Waals surface area contributed by atoms with Crippen molar-refractivity contribution < 1.29 is 5.11 Å². The SMILES string of the molecule is Nc1ncnc2c1ncn2[C@H]1CC[C@H](O)C1. The Labute approximate surface area is 92.1 Å². The molecule has 2 aromatic heterocycles. The Kier molecular flexibility index (Phi) is 2.03. The van der Waals surface area contributed by atoms with Crippen molar-refractivity contribution in [2.45, 2.75) is 31.4 Å². The molecule has 0 radical (unpaired) electrons. The first-order chi connectivity index (χ1) is 7.75. The molecule has 0 bridgehead atoms. The molecule has 2 heterocycles. The van der Waals surface area contributed by atoms with Crippen molar-refractivity contribution in [3.63, 3.8) is 0 Å². The van der Waals surface area contributed by atoms with E-state index in [9.17, 15) is 5.11 Å². The summed E-state index contributed by atoms with van der Waals surface area (Å²) in [5.41, 5.74) is 7.12. The van der Waals surface area contributed by atoms with Crippen LogP contribution in [0.5, 0.6) is 0 Å². The van der Waals surface area contributed by atoms with Crippen molar-refractivity contribution in [1.82, 2.24) is 19.5 Å². The van der Waals surface area contributed by atoms with Gasteiger partial charge < -0.3 is 15.4 Å². The van der Waals surface area contributed by atoms with E-state index in [0.29, 0.717) is 11.3 Å². The Bertz CT molecular complexity index is 523. The summed E-state index contributed by atoms with van der Waals surface area (Å²) in [4.78, 5) is 12.3. The zero-order valence-corrected chi connectivity index (χ0v) is 8.74. The summed E-state index contributed by atoms with van der Waals surface area (Å²) in [7, 11) is 0. The fourth-order valence-electron chi connectivity index (χ4n) is 2.32. The van der Waals surface area contributed by atoms with Crippen LogP contribution in [0.4, 0.5) is 5.82 Å². The molecule has 0 saturated heterocycles. The highest BCUT2D eigenvalue weighted by Gasteiger charge is 2.25. The standard InChI is InChI=1S/C10H13N5O/c11-9-8-10(13-4-12-9)15(5-14-8)6-1-2-7(16)3-6/h4-7,16H,1-3H2,(H2,11,12,13)/t6-,7-/m0/s1. The topological polar surface area (TPSA) is 89.9 Å². The second-order valence-corrected chi connectivity index (χ2v) is 4.20. The quantitative estimate of drug-likeness (QED) is 0.728. The number of nitrogens with two attached hydrogens (primary N) is 1. The molecular formula is C10H13N5O. The normalized spacial score (nSPS) is 25.3. The first kappa shape index (κ1) is 9.53. The molecule has 84 valence electrons. The number of nitrogens with zero attached hydrogens (tertiary/aromatic N) is 4. The van der Waals surface area contributed by atoms with Gasteiger partial charge in [-0.2, -0.15) is 0 Å². The maximum Gasteiger partial charge on any atom is 0.165 e. The van der Waals surface area contributed by atoms with Crippen LogP contribution in [0.15, 0.2) is 12.7 Å². The number of aromatic nitrogens is 4. The molecule has 0 unspecified atom stereocenters. The molecule has 2 atom stereocenters. The molecule has 6 heteroatoms. The number of hydrogen-bond donors (Lipinski definition) is 2. The minimum atomic E-state index is -0.207. The van der Waals surface area contributed by atoms with Gasteiger partial charge in [0.15, 0.2) is 11.5 Å². The molecule has 1 saturated carbocycles. The third-order valence-corrected chi connectivity index (χ3v) is 3.16. The molecule has 0 aliphatic heterocycles. The number of aliphatic hydroxyl groups is 1. The van der Waals surface area contributed by atoms with Crippen LogP contribution in [-0.2, 0) is 0 Å². The first-order valence-electron chi connectivity index (χ1n) is 5.37. The smallest absolute Gasteiger partial charge is 0.165 e. The zero-order valence-electron chi connectivity index (χ0n) is 8.74.